The van der Waals surface area contributed by atoms with Gasteiger partial charge in [-0.3, -0.25) is 0 Å². The number of hydrogen-bond acceptors (Lipinski definition) is 6. The van der Waals surface area contributed by atoms with Crippen LogP contribution in [0.15, 0.2) is 110 Å². The zero-order chi connectivity index (χ0) is 28.2. The van der Waals surface area contributed by atoms with Crippen molar-refractivity contribution in [3.05, 3.63) is 121 Å². The Morgan fingerprint density at radius 3 is 2.41 bits per heavy atom. The number of rotatable bonds is 10. The van der Waals surface area contributed by atoms with Crippen molar-refractivity contribution in [3.8, 4) is 11.1 Å². The van der Waals surface area contributed by atoms with E-state index < -0.39 is 9.84 Å². The molecule has 0 radical (unpaired) electrons. The van der Waals surface area contributed by atoms with Crippen molar-refractivity contribution in [1.29, 1.82) is 0 Å². The van der Waals surface area contributed by atoms with Gasteiger partial charge in [0.25, 0.3) is 0 Å². The van der Waals surface area contributed by atoms with Crippen LogP contribution in [-0.4, -0.2) is 41.5 Å². The summed E-state index contributed by atoms with van der Waals surface area (Å²) in [6, 6.07) is 33.5. The highest BCUT2D eigenvalue weighted by molar-refractivity contribution is 7.90. The van der Waals surface area contributed by atoms with Crippen molar-refractivity contribution >= 4 is 43.1 Å². The maximum absolute atomic E-state index is 11.3. The summed E-state index contributed by atoms with van der Waals surface area (Å²) in [5, 5.41) is 8.81. The molecule has 4 aromatic carbocycles. The van der Waals surface area contributed by atoms with E-state index in [0.29, 0.717) is 13.1 Å². The summed E-state index contributed by atoms with van der Waals surface area (Å²) in [5.74, 6) is 0.891. The normalized spacial score (nSPS) is 11.7. The van der Waals surface area contributed by atoms with Crippen molar-refractivity contribution in [2.24, 2.45) is 0 Å². The number of fused-ring (bicyclic) bond motifs is 2. The molecule has 0 saturated heterocycles. The molecular formula is C33H31N5O2S. The number of nitrogens with one attached hydrogen (secondary N) is 2. The molecule has 0 fully saturated rings. The van der Waals surface area contributed by atoms with Crippen LogP contribution in [0.25, 0.3) is 32.9 Å². The molecule has 0 saturated carbocycles. The van der Waals surface area contributed by atoms with E-state index in [2.05, 4.69) is 116 Å². The van der Waals surface area contributed by atoms with Gasteiger partial charge in [0, 0.05) is 54.1 Å². The van der Waals surface area contributed by atoms with Gasteiger partial charge in [-0.05, 0) is 58.7 Å². The van der Waals surface area contributed by atoms with Crippen LogP contribution in [0.2, 0.25) is 0 Å². The molecule has 0 aliphatic rings. The highest BCUT2D eigenvalue weighted by Gasteiger charge is 2.09. The van der Waals surface area contributed by atoms with Gasteiger partial charge in [0.1, 0.15) is 22.0 Å². The Morgan fingerprint density at radius 2 is 1.61 bits per heavy atom. The molecule has 0 aliphatic carbocycles. The molecule has 0 atom stereocenters. The Hall–Kier alpha value is -4.53. The molecule has 0 bridgehead atoms. The molecule has 2 aromatic heterocycles. The van der Waals surface area contributed by atoms with Gasteiger partial charge in [-0.2, -0.15) is 0 Å². The van der Waals surface area contributed by atoms with E-state index in [-0.39, 0.29) is 5.75 Å². The maximum Gasteiger partial charge on any atom is 0.148 e. The first-order valence-corrected chi connectivity index (χ1v) is 15.6. The Bertz CT molecular complexity index is 1920. The summed E-state index contributed by atoms with van der Waals surface area (Å²) in [5.41, 5.74) is 7.54. The van der Waals surface area contributed by atoms with Crippen LogP contribution in [0.1, 0.15) is 11.1 Å². The van der Waals surface area contributed by atoms with Gasteiger partial charge in [0.15, 0.2) is 0 Å². The average Bonchev–Trinajstić information content (AvgIpc) is 3.37. The van der Waals surface area contributed by atoms with Crippen molar-refractivity contribution in [2.45, 2.75) is 13.1 Å². The first-order chi connectivity index (χ1) is 19.9. The minimum Gasteiger partial charge on any atom is -0.343 e. The first kappa shape index (κ1) is 26.7. The minimum absolute atomic E-state index is 0.134. The molecule has 41 heavy (non-hydrogen) atoms. The highest BCUT2D eigenvalue weighted by Crippen LogP contribution is 2.30. The first-order valence-electron chi connectivity index (χ1n) is 13.5. The Kier molecular flexibility index (Phi) is 7.50. The zero-order valence-corrected chi connectivity index (χ0v) is 23.6. The predicted molar refractivity (Wildman–Crippen MR) is 167 cm³/mol. The molecular weight excluding hydrogens is 530 g/mol. The monoisotopic (exact) mass is 561 g/mol. The molecule has 6 rings (SSSR count). The summed E-state index contributed by atoms with van der Waals surface area (Å²) in [7, 11) is -2.96. The fourth-order valence-corrected chi connectivity index (χ4v) is 5.49. The second-order valence-electron chi connectivity index (χ2n) is 10.3. The fourth-order valence-electron chi connectivity index (χ4n) is 4.97. The molecule has 6 aromatic rings. The van der Waals surface area contributed by atoms with Crippen molar-refractivity contribution in [2.75, 3.05) is 23.9 Å². The van der Waals surface area contributed by atoms with E-state index >= 15 is 0 Å². The van der Waals surface area contributed by atoms with Crippen molar-refractivity contribution in [3.63, 3.8) is 0 Å². The lowest BCUT2D eigenvalue weighted by molar-refractivity contribution is 0.596. The summed E-state index contributed by atoms with van der Waals surface area (Å²) >= 11 is 0. The van der Waals surface area contributed by atoms with Gasteiger partial charge < -0.3 is 15.2 Å². The third kappa shape index (κ3) is 6.45. The molecule has 0 amide bonds. The van der Waals surface area contributed by atoms with Gasteiger partial charge in [-0.25, -0.2) is 18.4 Å². The number of benzene rings is 4. The smallest absolute Gasteiger partial charge is 0.148 e. The minimum atomic E-state index is -2.96. The summed E-state index contributed by atoms with van der Waals surface area (Å²) < 4.78 is 24.9. The SMILES string of the molecule is CS(=O)(=O)CCNCc1ccc(-c2ccc3ncnc(Nc4ccc5c(ccn5Cc5ccccc5)c4)c3c2)cc1. The molecule has 7 nitrogen and oxygen atoms in total. The number of sulfone groups is 1. The van der Waals surface area contributed by atoms with E-state index in [1.165, 1.54) is 17.3 Å². The maximum atomic E-state index is 11.3. The van der Waals surface area contributed by atoms with Gasteiger partial charge in [0.2, 0.25) is 0 Å². The summed E-state index contributed by atoms with van der Waals surface area (Å²) in [6.45, 7) is 1.89. The molecule has 0 spiro atoms. The number of nitrogens with zero attached hydrogens (tertiary/aromatic N) is 3. The van der Waals surface area contributed by atoms with E-state index in [4.69, 9.17) is 0 Å². The molecule has 0 aliphatic heterocycles. The van der Waals surface area contributed by atoms with E-state index in [1.54, 1.807) is 6.33 Å². The molecule has 0 unspecified atom stereocenters. The lowest BCUT2D eigenvalue weighted by Gasteiger charge is -2.11. The number of hydrogen-bond donors (Lipinski definition) is 2. The largest absolute Gasteiger partial charge is 0.343 e. The molecule has 206 valence electrons. The van der Waals surface area contributed by atoms with E-state index in [0.717, 1.165) is 51.0 Å². The van der Waals surface area contributed by atoms with Crippen LogP contribution >= 0.6 is 0 Å². The van der Waals surface area contributed by atoms with Crippen molar-refractivity contribution in [1.82, 2.24) is 19.9 Å². The molecule has 8 heteroatoms. The summed E-state index contributed by atoms with van der Waals surface area (Å²) in [4.78, 5) is 9.05. The Labute approximate surface area is 239 Å². The number of anilines is 2. The molecule has 2 heterocycles. The van der Waals surface area contributed by atoms with Gasteiger partial charge in [-0.15, -0.1) is 0 Å². The molecule has 2 N–H and O–H groups in total. The third-order valence-corrected chi connectivity index (χ3v) is 8.08. The van der Waals surface area contributed by atoms with Gasteiger partial charge in [0.05, 0.1) is 11.3 Å². The predicted octanol–water partition coefficient (Wildman–Crippen LogP) is 6.18. The standard InChI is InChI=1S/C33H31N5O2S/c1-41(39,40)18-16-34-21-24-7-9-26(10-8-24)27-11-13-31-30(20-27)33(36-23-35-31)37-29-12-14-32-28(19-29)15-17-38(32)22-25-5-3-2-4-6-25/h2-15,17,19-20,23,34H,16,18,21-22H2,1H3,(H,35,36,37). The van der Waals surface area contributed by atoms with Crippen LogP contribution in [0.4, 0.5) is 11.5 Å². The summed E-state index contributed by atoms with van der Waals surface area (Å²) in [6.07, 6.45) is 4.97. The fraction of sp³-hybridized carbons (Fsp3) is 0.152. The highest BCUT2D eigenvalue weighted by atomic mass is 32.2. The van der Waals surface area contributed by atoms with E-state index in [9.17, 15) is 8.42 Å². The van der Waals surface area contributed by atoms with Crippen LogP contribution in [-0.2, 0) is 22.9 Å². The second kappa shape index (κ2) is 11.5. The lowest BCUT2D eigenvalue weighted by atomic mass is 10.0. The van der Waals surface area contributed by atoms with Gasteiger partial charge >= 0.3 is 0 Å². The Balaban J connectivity index is 1.20. The lowest BCUT2D eigenvalue weighted by Crippen LogP contribution is -2.21. The quantitative estimate of drug-likeness (QED) is 0.194. The third-order valence-electron chi connectivity index (χ3n) is 7.13. The second-order valence-corrected chi connectivity index (χ2v) is 12.5. The van der Waals surface area contributed by atoms with Crippen LogP contribution in [0.3, 0.4) is 0 Å². The van der Waals surface area contributed by atoms with Crippen LogP contribution in [0.5, 0.6) is 0 Å². The van der Waals surface area contributed by atoms with Crippen LogP contribution < -0.4 is 10.6 Å². The topological polar surface area (TPSA) is 88.9 Å². The van der Waals surface area contributed by atoms with Gasteiger partial charge in [-0.1, -0.05) is 60.7 Å². The van der Waals surface area contributed by atoms with E-state index in [1.807, 2.05) is 12.1 Å². The zero-order valence-electron chi connectivity index (χ0n) is 22.8. The Morgan fingerprint density at radius 1 is 0.805 bits per heavy atom. The number of aromatic nitrogens is 3. The van der Waals surface area contributed by atoms with Crippen molar-refractivity contribution < 1.29 is 8.42 Å². The average molecular weight is 562 g/mol. The van der Waals surface area contributed by atoms with Crippen LogP contribution in [0, 0.1) is 0 Å².